The quantitative estimate of drug-likeness (QED) is 0.176. The van der Waals surface area contributed by atoms with Gasteiger partial charge >= 0.3 is 0 Å². The summed E-state index contributed by atoms with van der Waals surface area (Å²) in [5.41, 5.74) is 12.4. The Labute approximate surface area is 341 Å². The van der Waals surface area contributed by atoms with E-state index in [-0.39, 0.29) is 0 Å². The molecule has 0 spiro atoms. The van der Waals surface area contributed by atoms with Gasteiger partial charge in [0, 0.05) is 34.0 Å². The minimum atomic E-state index is 0.585. The normalized spacial score (nSPS) is 12.3. The molecule has 0 saturated heterocycles. The summed E-state index contributed by atoms with van der Waals surface area (Å²) in [7, 11) is 0. The van der Waals surface area contributed by atoms with Gasteiger partial charge in [-0.15, -0.1) is 0 Å². The Kier molecular flexibility index (Phi) is 7.53. The predicted octanol–water partition coefficient (Wildman–Crippen LogP) is 13.7. The fourth-order valence-electron chi connectivity index (χ4n) is 9.11. The fraction of sp³-hybridized carbons (Fsp3) is 0.0185. The summed E-state index contributed by atoms with van der Waals surface area (Å²) in [6.07, 6.45) is 0.794. The van der Waals surface area contributed by atoms with Gasteiger partial charge in [-0.25, -0.2) is 4.98 Å². The molecule has 5 heteroatoms. The minimum absolute atomic E-state index is 0.585. The second-order valence-corrected chi connectivity index (χ2v) is 15.2. The van der Waals surface area contributed by atoms with Crippen LogP contribution >= 0.6 is 0 Å². The second kappa shape index (κ2) is 13.4. The van der Waals surface area contributed by atoms with Crippen molar-refractivity contribution in [3.63, 3.8) is 0 Å². The Morgan fingerprint density at radius 2 is 0.932 bits per heavy atom. The van der Waals surface area contributed by atoms with Gasteiger partial charge in [-0.3, -0.25) is 4.90 Å². The van der Waals surface area contributed by atoms with Crippen LogP contribution in [-0.2, 0) is 6.42 Å². The van der Waals surface area contributed by atoms with Crippen molar-refractivity contribution < 1.29 is 0 Å². The molecule has 5 nitrogen and oxygen atoms in total. The van der Waals surface area contributed by atoms with E-state index in [1.165, 1.54) is 44.1 Å². The molecule has 1 aliphatic rings. The Morgan fingerprint density at radius 1 is 0.373 bits per heavy atom. The van der Waals surface area contributed by atoms with Crippen molar-refractivity contribution in [2.45, 2.75) is 6.42 Å². The Bertz CT molecular complexity index is 3330. The van der Waals surface area contributed by atoms with Crippen LogP contribution in [0.4, 0.5) is 17.3 Å². The molecule has 0 atom stereocenters. The van der Waals surface area contributed by atoms with E-state index in [1.54, 1.807) is 0 Å². The Hall–Kier alpha value is -7.89. The molecular weight excluding hydrogens is 719 g/mol. The number of rotatable bonds is 5. The Morgan fingerprint density at radius 3 is 1.68 bits per heavy atom. The first-order valence-electron chi connectivity index (χ1n) is 20.1. The van der Waals surface area contributed by atoms with Gasteiger partial charge in [0.15, 0.2) is 11.6 Å². The van der Waals surface area contributed by atoms with Gasteiger partial charge in [0.05, 0.1) is 22.4 Å². The summed E-state index contributed by atoms with van der Waals surface area (Å²) < 4.78 is 2.36. The molecule has 0 amide bonds. The number of para-hydroxylation sites is 3. The lowest BCUT2D eigenvalue weighted by Crippen LogP contribution is -2.21. The van der Waals surface area contributed by atoms with E-state index in [4.69, 9.17) is 15.0 Å². The maximum absolute atomic E-state index is 5.35. The van der Waals surface area contributed by atoms with Crippen molar-refractivity contribution in [3.8, 4) is 39.6 Å². The van der Waals surface area contributed by atoms with E-state index in [0.29, 0.717) is 17.6 Å². The fourth-order valence-corrected chi connectivity index (χ4v) is 9.11. The molecule has 0 bridgehead atoms. The van der Waals surface area contributed by atoms with Crippen molar-refractivity contribution in [1.82, 2.24) is 19.5 Å². The summed E-state index contributed by atoms with van der Waals surface area (Å²) in [6, 6.07) is 71.2. The van der Waals surface area contributed by atoms with Crippen molar-refractivity contribution in [3.05, 3.63) is 211 Å². The zero-order chi connectivity index (χ0) is 38.9. The standard InChI is InChI=1S/C54H35N5/c1-2-19-41(20-3-1)58-50-27-11-9-23-44(50)47-34-38(29-31-51(47)58)37-28-30-49-40(32-37)33-39-16-6-10-26-48(39)59(49)54-56-52(45-24-12-17-35-14-4-7-21-42(35)45)55-53(57-54)46-25-13-18-36-15-5-8-22-43(36)46/h1-32,34H,33H2. The summed E-state index contributed by atoms with van der Waals surface area (Å²) in [5.74, 6) is 1.86. The SMILES string of the molecule is c1ccc(-n2c3ccccc3c3cc(-c4ccc5c(c4)Cc4ccccc4N5c4nc(-c5cccc6ccccc56)nc(-c5cccc6ccccc56)n4)ccc32)cc1. The van der Waals surface area contributed by atoms with Crippen LogP contribution in [0.15, 0.2) is 200 Å². The summed E-state index contributed by atoms with van der Waals surface area (Å²) in [5, 5.41) is 6.96. The van der Waals surface area contributed by atoms with Gasteiger partial charge < -0.3 is 4.57 Å². The van der Waals surface area contributed by atoms with Crippen LogP contribution in [0, 0.1) is 0 Å². The molecule has 2 aromatic heterocycles. The topological polar surface area (TPSA) is 46.8 Å². The maximum atomic E-state index is 5.35. The zero-order valence-electron chi connectivity index (χ0n) is 32.0. The molecule has 12 rings (SSSR count). The van der Waals surface area contributed by atoms with E-state index < -0.39 is 0 Å². The van der Waals surface area contributed by atoms with Crippen LogP contribution in [0.1, 0.15) is 11.1 Å². The highest BCUT2D eigenvalue weighted by Gasteiger charge is 2.28. The first-order chi connectivity index (χ1) is 29.2. The third-order valence-electron chi connectivity index (χ3n) is 11.8. The number of benzene rings is 9. The van der Waals surface area contributed by atoms with E-state index in [2.05, 4.69) is 210 Å². The van der Waals surface area contributed by atoms with E-state index in [9.17, 15) is 0 Å². The molecule has 9 aromatic carbocycles. The summed E-state index contributed by atoms with van der Waals surface area (Å²) >= 11 is 0. The van der Waals surface area contributed by atoms with Crippen LogP contribution in [-0.4, -0.2) is 19.5 Å². The minimum Gasteiger partial charge on any atom is -0.309 e. The van der Waals surface area contributed by atoms with Gasteiger partial charge in [-0.1, -0.05) is 152 Å². The van der Waals surface area contributed by atoms with Crippen LogP contribution < -0.4 is 4.90 Å². The lowest BCUT2D eigenvalue weighted by Gasteiger charge is -2.32. The molecule has 0 unspecified atom stereocenters. The van der Waals surface area contributed by atoms with E-state index in [1.807, 2.05) is 0 Å². The lowest BCUT2D eigenvalue weighted by atomic mass is 9.92. The van der Waals surface area contributed by atoms with Gasteiger partial charge in [-0.05, 0) is 92.3 Å². The summed E-state index contributed by atoms with van der Waals surface area (Å²) in [4.78, 5) is 18.2. The molecule has 1 aliphatic heterocycles. The van der Waals surface area contributed by atoms with Crippen LogP contribution in [0.2, 0.25) is 0 Å². The monoisotopic (exact) mass is 753 g/mol. The van der Waals surface area contributed by atoms with Gasteiger partial charge in [0.1, 0.15) is 0 Å². The molecule has 0 aliphatic carbocycles. The van der Waals surface area contributed by atoms with Crippen molar-refractivity contribution in [2.24, 2.45) is 0 Å². The molecule has 3 heterocycles. The number of fused-ring (bicyclic) bond motifs is 7. The van der Waals surface area contributed by atoms with Gasteiger partial charge in [-0.2, -0.15) is 9.97 Å². The highest BCUT2D eigenvalue weighted by molar-refractivity contribution is 6.10. The predicted molar refractivity (Wildman–Crippen MR) is 243 cm³/mol. The van der Waals surface area contributed by atoms with Crippen molar-refractivity contribution in [1.29, 1.82) is 0 Å². The number of aromatic nitrogens is 4. The molecule has 0 saturated carbocycles. The van der Waals surface area contributed by atoms with Gasteiger partial charge in [0.25, 0.3) is 0 Å². The summed E-state index contributed by atoms with van der Waals surface area (Å²) in [6.45, 7) is 0. The zero-order valence-corrected chi connectivity index (χ0v) is 32.0. The van der Waals surface area contributed by atoms with Crippen molar-refractivity contribution in [2.75, 3.05) is 4.90 Å². The first-order valence-corrected chi connectivity index (χ1v) is 20.1. The highest BCUT2D eigenvalue weighted by Crippen LogP contribution is 2.45. The Balaban J connectivity index is 1.04. The van der Waals surface area contributed by atoms with Crippen LogP contribution in [0.25, 0.3) is 82.9 Å². The highest BCUT2D eigenvalue weighted by atomic mass is 15.3. The van der Waals surface area contributed by atoms with E-state index >= 15 is 0 Å². The number of anilines is 3. The number of hydrogen-bond donors (Lipinski definition) is 0. The molecular formula is C54H35N5. The van der Waals surface area contributed by atoms with Gasteiger partial charge in [0.2, 0.25) is 5.95 Å². The maximum Gasteiger partial charge on any atom is 0.238 e. The third-order valence-corrected chi connectivity index (χ3v) is 11.8. The lowest BCUT2D eigenvalue weighted by molar-refractivity contribution is 0.991. The molecule has 59 heavy (non-hydrogen) atoms. The molecule has 0 fully saturated rings. The molecule has 0 radical (unpaired) electrons. The average molecular weight is 754 g/mol. The number of hydrogen-bond acceptors (Lipinski definition) is 4. The van der Waals surface area contributed by atoms with Crippen molar-refractivity contribution >= 4 is 60.7 Å². The van der Waals surface area contributed by atoms with Crippen LogP contribution in [0.5, 0.6) is 0 Å². The average Bonchev–Trinajstić information content (AvgIpc) is 3.64. The molecule has 11 aromatic rings. The molecule has 276 valence electrons. The van der Waals surface area contributed by atoms with Crippen LogP contribution in [0.3, 0.4) is 0 Å². The number of nitrogens with zero attached hydrogens (tertiary/aromatic N) is 5. The largest absolute Gasteiger partial charge is 0.309 e. The van der Waals surface area contributed by atoms with E-state index in [0.717, 1.165) is 56.2 Å². The second-order valence-electron chi connectivity index (χ2n) is 15.2. The molecule has 0 N–H and O–H groups in total. The third kappa shape index (κ3) is 5.43. The smallest absolute Gasteiger partial charge is 0.238 e. The first kappa shape index (κ1) is 33.3.